The minimum Gasteiger partial charge on any atom is -0.393 e. The first-order valence-electron chi connectivity index (χ1n) is 14.6. The average Bonchev–Trinajstić information content (AvgIpc) is 2.88. The third kappa shape index (κ3) is 6.45. The van der Waals surface area contributed by atoms with Gasteiger partial charge in [0.05, 0.1) is 11.8 Å². The van der Waals surface area contributed by atoms with Crippen LogP contribution in [0.2, 0.25) is 0 Å². The van der Waals surface area contributed by atoms with Crippen LogP contribution >= 0.6 is 0 Å². The fourth-order valence-corrected chi connectivity index (χ4v) is 5.91. The molecule has 2 heterocycles. The Hall–Kier alpha value is -2.53. The van der Waals surface area contributed by atoms with Crippen molar-refractivity contribution in [3.05, 3.63) is 88.1 Å². The minimum absolute atomic E-state index is 0.0469. The van der Waals surface area contributed by atoms with Gasteiger partial charge in [-0.2, -0.15) is 0 Å². The van der Waals surface area contributed by atoms with Crippen molar-refractivity contribution in [1.82, 2.24) is 4.98 Å². The van der Waals surface area contributed by atoms with E-state index in [-0.39, 0.29) is 29.5 Å². The van der Waals surface area contributed by atoms with E-state index in [1.54, 1.807) is 0 Å². The van der Waals surface area contributed by atoms with Crippen molar-refractivity contribution in [3.8, 4) is 11.3 Å². The predicted octanol–water partition coefficient (Wildman–Crippen LogP) is 8.07. The van der Waals surface area contributed by atoms with Crippen molar-refractivity contribution in [2.24, 2.45) is 5.41 Å². The van der Waals surface area contributed by atoms with E-state index in [1.807, 2.05) is 13.1 Å². The summed E-state index contributed by atoms with van der Waals surface area (Å²) in [6.07, 6.45) is 5.84. The van der Waals surface area contributed by atoms with Crippen LogP contribution in [0.3, 0.4) is 0 Å². The summed E-state index contributed by atoms with van der Waals surface area (Å²) >= 11 is 0. The number of aliphatic hydroxyl groups is 1. The van der Waals surface area contributed by atoms with Gasteiger partial charge in [0, 0.05) is 23.6 Å². The fraction of sp³-hybridized carbons (Fsp3) is 0.514. The van der Waals surface area contributed by atoms with E-state index in [0.29, 0.717) is 0 Å². The van der Waals surface area contributed by atoms with Gasteiger partial charge in [-0.15, -0.1) is 0 Å². The van der Waals surface area contributed by atoms with Crippen LogP contribution in [-0.2, 0) is 27.7 Å². The molecule has 0 spiro atoms. The highest BCUT2D eigenvalue weighted by Gasteiger charge is 2.32. The number of hydrogen-bond acceptors (Lipinski definition) is 4. The summed E-state index contributed by atoms with van der Waals surface area (Å²) in [5.41, 5.74) is 9.74. The maximum atomic E-state index is 10.5. The van der Waals surface area contributed by atoms with Crippen LogP contribution in [-0.4, -0.2) is 28.8 Å². The second-order valence-electron chi connectivity index (χ2n) is 12.4. The van der Waals surface area contributed by atoms with E-state index in [4.69, 9.17) is 14.5 Å². The Labute approximate surface area is 235 Å². The second kappa shape index (κ2) is 11.9. The normalized spacial score (nSPS) is 18.6. The molecule has 39 heavy (non-hydrogen) atoms. The zero-order valence-electron chi connectivity index (χ0n) is 25.2. The molecule has 0 amide bonds. The Morgan fingerprint density at radius 3 is 2.05 bits per heavy atom. The third-order valence-corrected chi connectivity index (χ3v) is 8.76. The van der Waals surface area contributed by atoms with Crippen LogP contribution in [0.1, 0.15) is 94.2 Å². The van der Waals surface area contributed by atoms with Crippen LogP contribution in [0.15, 0.2) is 54.7 Å². The van der Waals surface area contributed by atoms with Crippen LogP contribution in [0.25, 0.3) is 11.3 Å². The molecule has 0 bridgehead atoms. The van der Waals surface area contributed by atoms with Gasteiger partial charge in [0.25, 0.3) is 0 Å². The topological polar surface area (TPSA) is 51.6 Å². The molecule has 1 aliphatic heterocycles. The zero-order valence-corrected chi connectivity index (χ0v) is 25.2. The van der Waals surface area contributed by atoms with Crippen LogP contribution in [0, 0.1) is 19.3 Å². The first-order valence-corrected chi connectivity index (χ1v) is 14.6. The number of hydrogen-bond donors (Lipinski definition) is 1. The van der Waals surface area contributed by atoms with Crippen molar-refractivity contribution >= 4 is 0 Å². The maximum absolute atomic E-state index is 10.5. The summed E-state index contributed by atoms with van der Waals surface area (Å²) in [4.78, 5) is 4.77. The molecular formula is C35H47NO3. The molecule has 4 nitrogen and oxygen atoms in total. The Kier molecular flexibility index (Phi) is 9.00. The molecule has 1 N–H and O–H groups in total. The standard InChI is InChI=1S/C35H47NO3/c1-9-35(10-2,28-14-12-27(23(3)19-28)13-18-32(37)34(6,7)8)29-15-16-30(24(4)20-29)31-17-11-26(22-36-31)21-33-38-25(5)39-33/h11-12,14-17,19-20,22,25,32-33,37H,9-10,13,18,21H2,1-8H3. The van der Waals surface area contributed by atoms with Gasteiger partial charge in [0.2, 0.25) is 0 Å². The molecular weight excluding hydrogens is 482 g/mol. The van der Waals surface area contributed by atoms with E-state index in [0.717, 1.165) is 43.4 Å². The quantitative estimate of drug-likeness (QED) is 0.288. The number of aliphatic hydroxyl groups excluding tert-OH is 1. The third-order valence-electron chi connectivity index (χ3n) is 8.76. The van der Waals surface area contributed by atoms with Gasteiger partial charge >= 0.3 is 0 Å². The summed E-state index contributed by atoms with van der Waals surface area (Å²) in [5, 5.41) is 10.5. The van der Waals surface area contributed by atoms with Gasteiger partial charge in [-0.25, -0.2) is 0 Å². The van der Waals surface area contributed by atoms with Crippen molar-refractivity contribution < 1.29 is 14.6 Å². The molecule has 1 aromatic heterocycles. The molecule has 4 rings (SSSR count). The van der Waals surface area contributed by atoms with Crippen molar-refractivity contribution in [2.45, 2.75) is 112 Å². The van der Waals surface area contributed by atoms with Gasteiger partial charge in [-0.05, 0) is 91.3 Å². The Balaban J connectivity index is 1.55. The highest BCUT2D eigenvalue weighted by atomic mass is 16.9. The van der Waals surface area contributed by atoms with Crippen molar-refractivity contribution in [1.29, 1.82) is 0 Å². The summed E-state index contributed by atoms with van der Waals surface area (Å²) in [6, 6.07) is 18.1. The minimum atomic E-state index is -0.302. The molecule has 1 aliphatic rings. The highest BCUT2D eigenvalue weighted by Crippen LogP contribution is 2.41. The van der Waals surface area contributed by atoms with Crippen LogP contribution < -0.4 is 0 Å². The zero-order chi connectivity index (χ0) is 28.4. The average molecular weight is 530 g/mol. The number of rotatable bonds is 10. The van der Waals surface area contributed by atoms with E-state index >= 15 is 0 Å². The number of pyridine rings is 1. The van der Waals surface area contributed by atoms with Crippen molar-refractivity contribution in [3.63, 3.8) is 0 Å². The molecule has 1 unspecified atom stereocenters. The molecule has 1 saturated heterocycles. The lowest BCUT2D eigenvalue weighted by molar-refractivity contribution is -0.374. The lowest BCUT2D eigenvalue weighted by Crippen LogP contribution is -2.40. The lowest BCUT2D eigenvalue weighted by Gasteiger charge is -2.34. The molecule has 3 aromatic rings. The first kappa shape index (κ1) is 29.5. The largest absolute Gasteiger partial charge is 0.393 e. The van der Waals surface area contributed by atoms with Crippen LogP contribution in [0.4, 0.5) is 0 Å². The van der Waals surface area contributed by atoms with E-state index < -0.39 is 0 Å². The Morgan fingerprint density at radius 1 is 0.897 bits per heavy atom. The van der Waals surface area contributed by atoms with Gasteiger partial charge < -0.3 is 14.6 Å². The van der Waals surface area contributed by atoms with E-state index in [1.165, 1.54) is 33.4 Å². The Morgan fingerprint density at radius 2 is 1.54 bits per heavy atom. The number of aryl methyl sites for hydroxylation is 3. The van der Waals surface area contributed by atoms with Gasteiger partial charge in [-0.3, -0.25) is 4.98 Å². The predicted molar refractivity (Wildman–Crippen MR) is 160 cm³/mol. The van der Waals surface area contributed by atoms with Crippen LogP contribution in [0.5, 0.6) is 0 Å². The number of aromatic nitrogens is 1. The molecule has 1 fully saturated rings. The summed E-state index contributed by atoms with van der Waals surface area (Å²) in [7, 11) is 0. The number of nitrogens with zero attached hydrogens (tertiary/aromatic N) is 1. The lowest BCUT2D eigenvalue weighted by atomic mass is 9.69. The summed E-state index contributed by atoms with van der Waals surface area (Å²) in [5.74, 6) is 0. The van der Waals surface area contributed by atoms with Crippen molar-refractivity contribution in [2.75, 3.05) is 0 Å². The van der Waals surface area contributed by atoms with Gasteiger partial charge in [-0.1, -0.05) is 77.1 Å². The summed E-state index contributed by atoms with van der Waals surface area (Å²) < 4.78 is 11.1. The molecule has 1 atom stereocenters. The number of benzene rings is 2. The van der Waals surface area contributed by atoms with E-state index in [2.05, 4.69) is 97.0 Å². The molecule has 0 saturated carbocycles. The Bertz CT molecular complexity index is 1250. The first-order chi connectivity index (χ1) is 18.5. The van der Waals surface area contributed by atoms with E-state index in [9.17, 15) is 5.11 Å². The number of ether oxygens (including phenoxy) is 2. The molecule has 0 aliphatic carbocycles. The molecule has 2 aromatic carbocycles. The monoisotopic (exact) mass is 529 g/mol. The van der Waals surface area contributed by atoms with Gasteiger partial charge in [0.15, 0.2) is 12.6 Å². The fourth-order valence-electron chi connectivity index (χ4n) is 5.91. The molecule has 0 radical (unpaired) electrons. The SMILES string of the molecule is CCC(CC)(c1ccc(CCC(O)C(C)(C)C)c(C)c1)c1ccc(-c2ccc(CC3OC(C)O3)cn2)c(C)c1. The smallest absolute Gasteiger partial charge is 0.167 e. The highest BCUT2D eigenvalue weighted by molar-refractivity contribution is 5.65. The van der Waals surface area contributed by atoms with Gasteiger partial charge in [0.1, 0.15) is 0 Å². The molecule has 210 valence electrons. The second-order valence-corrected chi connectivity index (χ2v) is 12.4. The maximum Gasteiger partial charge on any atom is 0.167 e. The summed E-state index contributed by atoms with van der Waals surface area (Å²) in [6.45, 7) is 17.2. The molecule has 4 heteroatoms.